The summed E-state index contributed by atoms with van der Waals surface area (Å²) in [5.74, 6) is -4.52. The minimum atomic E-state index is -3.44. The predicted octanol–water partition coefficient (Wildman–Crippen LogP) is 1.71. The van der Waals surface area contributed by atoms with Gasteiger partial charge >= 0.3 is 5.92 Å². The van der Waals surface area contributed by atoms with Crippen molar-refractivity contribution in [1.82, 2.24) is 15.1 Å². The van der Waals surface area contributed by atoms with E-state index in [0.29, 0.717) is 13.1 Å². The number of rotatable bonds is 3. The molecule has 1 N–H and O–H groups in total. The van der Waals surface area contributed by atoms with Gasteiger partial charge in [-0.1, -0.05) is 30.3 Å². The van der Waals surface area contributed by atoms with E-state index in [1.54, 1.807) is 6.07 Å². The maximum atomic E-state index is 14.4. The van der Waals surface area contributed by atoms with Crippen LogP contribution in [-0.4, -0.2) is 61.0 Å². The third-order valence-electron chi connectivity index (χ3n) is 4.52. The van der Waals surface area contributed by atoms with Gasteiger partial charge in [0.05, 0.1) is 0 Å². The Hall–Kier alpha value is -1.24. The summed E-state index contributed by atoms with van der Waals surface area (Å²) >= 11 is 0. The molecule has 0 bridgehead atoms. The number of nitrogens with one attached hydrogen (secondary N) is 1. The van der Waals surface area contributed by atoms with E-state index in [4.69, 9.17) is 0 Å². The highest BCUT2D eigenvalue weighted by Gasteiger charge is 2.46. The zero-order chi connectivity index (χ0) is 15.6. The van der Waals surface area contributed by atoms with Crippen molar-refractivity contribution in [3.63, 3.8) is 0 Å². The Bertz CT molecular complexity index is 523. The van der Waals surface area contributed by atoms with Gasteiger partial charge in [-0.2, -0.15) is 8.78 Å². The molecule has 128 valence electrons. The van der Waals surface area contributed by atoms with Crippen molar-refractivity contribution in [2.24, 2.45) is 0 Å². The molecular formula is C16H22ClF2N3O. The van der Waals surface area contributed by atoms with Crippen molar-refractivity contribution in [3.05, 3.63) is 35.9 Å². The molecule has 1 aromatic carbocycles. The van der Waals surface area contributed by atoms with Gasteiger partial charge in [0.1, 0.15) is 0 Å². The summed E-state index contributed by atoms with van der Waals surface area (Å²) in [4.78, 5) is 15.9. The Labute approximate surface area is 141 Å². The highest BCUT2D eigenvalue weighted by atomic mass is 35.5. The number of halogens is 3. The molecule has 0 aromatic heterocycles. The van der Waals surface area contributed by atoms with Gasteiger partial charge < -0.3 is 10.2 Å². The molecule has 23 heavy (non-hydrogen) atoms. The molecule has 0 radical (unpaired) electrons. The summed E-state index contributed by atoms with van der Waals surface area (Å²) in [5.41, 5.74) is -0.231. The summed E-state index contributed by atoms with van der Waals surface area (Å²) in [6.45, 7) is 4.50. The standard InChI is InChI=1S/C16H21F2N3O.ClH/c17-16(18,13-4-2-1-3-5-13)15(22)21-9-6-14(12-21)20-10-7-19-8-11-20;/h1-5,14,19H,6-12H2;1H. The first-order chi connectivity index (χ1) is 10.6. The highest BCUT2D eigenvalue weighted by molar-refractivity contribution is 5.85. The second-order valence-corrected chi connectivity index (χ2v) is 5.92. The molecule has 3 rings (SSSR count). The van der Waals surface area contributed by atoms with Crippen LogP contribution in [0.15, 0.2) is 30.3 Å². The third kappa shape index (κ3) is 3.82. The highest BCUT2D eigenvalue weighted by Crippen LogP contribution is 2.32. The number of hydrogen-bond donors (Lipinski definition) is 1. The number of benzene rings is 1. The topological polar surface area (TPSA) is 35.6 Å². The Morgan fingerprint density at radius 1 is 1.13 bits per heavy atom. The van der Waals surface area contributed by atoms with Gasteiger partial charge in [-0.05, 0) is 6.42 Å². The number of nitrogens with zero attached hydrogens (tertiary/aromatic N) is 2. The van der Waals surface area contributed by atoms with Crippen molar-refractivity contribution in [2.45, 2.75) is 18.4 Å². The van der Waals surface area contributed by atoms with E-state index in [-0.39, 0.29) is 24.0 Å². The monoisotopic (exact) mass is 345 g/mol. The molecule has 1 aromatic rings. The van der Waals surface area contributed by atoms with E-state index in [2.05, 4.69) is 10.2 Å². The van der Waals surface area contributed by atoms with Crippen LogP contribution in [0.1, 0.15) is 12.0 Å². The van der Waals surface area contributed by atoms with Crippen molar-refractivity contribution in [1.29, 1.82) is 0 Å². The maximum absolute atomic E-state index is 14.4. The number of likely N-dealkylation sites (tertiary alicyclic amines) is 1. The fourth-order valence-corrected chi connectivity index (χ4v) is 3.24. The van der Waals surface area contributed by atoms with Gasteiger partial charge in [-0.15, -0.1) is 12.4 Å². The molecule has 2 aliphatic rings. The van der Waals surface area contributed by atoms with Gasteiger partial charge in [0.25, 0.3) is 5.91 Å². The van der Waals surface area contributed by atoms with Crippen LogP contribution < -0.4 is 5.32 Å². The van der Waals surface area contributed by atoms with Crippen LogP contribution in [0.3, 0.4) is 0 Å². The summed E-state index contributed by atoms with van der Waals surface area (Å²) < 4.78 is 28.7. The van der Waals surface area contributed by atoms with Crippen molar-refractivity contribution < 1.29 is 13.6 Å². The van der Waals surface area contributed by atoms with Crippen LogP contribution in [0.5, 0.6) is 0 Å². The van der Waals surface area contributed by atoms with Gasteiger partial charge in [-0.25, -0.2) is 0 Å². The van der Waals surface area contributed by atoms with Crippen LogP contribution in [0, 0.1) is 0 Å². The molecule has 0 aliphatic carbocycles. The van der Waals surface area contributed by atoms with Crippen LogP contribution in [-0.2, 0) is 10.7 Å². The average Bonchev–Trinajstić information content (AvgIpc) is 3.05. The van der Waals surface area contributed by atoms with Crippen molar-refractivity contribution >= 4 is 18.3 Å². The molecule has 1 atom stereocenters. The molecule has 2 saturated heterocycles. The lowest BCUT2D eigenvalue weighted by Crippen LogP contribution is -2.50. The van der Waals surface area contributed by atoms with E-state index in [0.717, 1.165) is 32.6 Å². The molecule has 2 aliphatic heterocycles. The molecule has 1 amide bonds. The minimum Gasteiger partial charge on any atom is -0.336 e. The average molecular weight is 346 g/mol. The normalized spacial score (nSPS) is 22.7. The molecular weight excluding hydrogens is 324 g/mol. The number of carbonyl (C=O) groups excluding carboxylic acids is 1. The number of piperazine rings is 1. The van der Waals surface area contributed by atoms with E-state index < -0.39 is 11.8 Å². The van der Waals surface area contributed by atoms with E-state index in [1.165, 1.54) is 29.2 Å². The molecule has 1 unspecified atom stereocenters. The Kier molecular flexibility index (Phi) is 5.95. The summed E-state index contributed by atoms with van der Waals surface area (Å²) in [5, 5.41) is 3.28. The van der Waals surface area contributed by atoms with Crippen LogP contribution in [0.2, 0.25) is 0 Å². The summed E-state index contributed by atoms with van der Waals surface area (Å²) in [7, 11) is 0. The van der Waals surface area contributed by atoms with Crippen LogP contribution in [0.4, 0.5) is 8.78 Å². The fraction of sp³-hybridized carbons (Fsp3) is 0.562. The zero-order valence-electron chi connectivity index (χ0n) is 12.9. The third-order valence-corrected chi connectivity index (χ3v) is 4.52. The second kappa shape index (κ2) is 7.55. The predicted molar refractivity (Wildman–Crippen MR) is 87.0 cm³/mol. The van der Waals surface area contributed by atoms with E-state index in [9.17, 15) is 13.6 Å². The lowest BCUT2D eigenvalue weighted by Gasteiger charge is -2.32. The lowest BCUT2D eigenvalue weighted by molar-refractivity contribution is -0.158. The molecule has 4 nitrogen and oxygen atoms in total. The fourth-order valence-electron chi connectivity index (χ4n) is 3.24. The number of amides is 1. The van der Waals surface area contributed by atoms with Gasteiger partial charge in [0, 0.05) is 50.9 Å². The van der Waals surface area contributed by atoms with Crippen molar-refractivity contribution in [2.75, 3.05) is 39.3 Å². The Balaban J connectivity index is 0.00000192. The first kappa shape index (κ1) is 18.1. The lowest BCUT2D eigenvalue weighted by atomic mass is 10.1. The first-order valence-electron chi connectivity index (χ1n) is 7.76. The molecule has 7 heteroatoms. The Morgan fingerprint density at radius 2 is 1.78 bits per heavy atom. The van der Waals surface area contributed by atoms with Crippen LogP contribution >= 0.6 is 12.4 Å². The summed E-state index contributed by atoms with van der Waals surface area (Å²) in [6.07, 6.45) is 0.774. The number of hydrogen-bond acceptors (Lipinski definition) is 3. The van der Waals surface area contributed by atoms with Gasteiger partial charge in [-0.3, -0.25) is 9.69 Å². The smallest absolute Gasteiger partial charge is 0.336 e. The van der Waals surface area contributed by atoms with Gasteiger partial charge in [0.2, 0.25) is 0 Å². The number of carbonyl (C=O) groups is 1. The number of alkyl halides is 2. The quantitative estimate of drug-likeness (QED) is 0.906. The first-order valence-corrected chi connectivity index (χ1v) is 7.76. The molecule has 0 saturated carbocycles. The second-order valence-electron chi connectivity index (χ2n) is 5.92. The van der Waals surface area contributed by atoms with Crippen LogP contribution in [0.25, 0.3) is 0 Å². The SMILES string of the molecule is Cl.O=C(N1CCC(N2CCNCC2)C1)C(F)(F)c1ccccc1. The molecule has 2 heterocycles. The van der Waals surface area contributed by atoms with E-state index >= 15 is 0 Å². The minimum absolute atomic E-state index is 0. The molecule has 2 fully saturated rings. The van der Waals surface area contributed by atoms with Gasteiger partial charge in [0.15, 0.2) is 0 Å². The summed E-state index contributed by atoms with van der Waals surface area (Å²) in [6, 6.07) is 7.55. The maximum Gasteiger partial charge on any atom is 0.349 e. The Morgan fingerprint density at radius 3 is 2.43 bits per heavy atom. The zero-order valence-corrected chi connectivity index (χ0v) is 13.7. The van der Waals surface area contributed by atoms with Crippen molar-refractivity contribution in [3.8, 4) is 0 Å². The molecule has 0 spiro atoms. The largest absolute Gasteiger partial charge is 0.349 e. The van der Waals surface area contributed by atoms with E-state index in [1.807, 2.05) is 0 Å².